The molecule has 0 aliphatic heterocycles. The molecule has 4 nitrogen and oxygen atoms in total. The van der Waals surface area contributed by atoms with Crippen LogP contribution >= 0.6 is 0 Å². The zero-order chi connectivity index (χ0) is 15.7. The van der Waals surface area contributed by atoms with Crippen LogP contribution in [0.1, 0.15) is 22.4 Å². The fraction of sp³-hybridized carbons (Fsp3) is 0.222. The summed E-state index contributed by atoms with van der Waals surface area (Å²) in [6.45, 7) is 4.07. The van der Waals surface area contributed by atoms with Crippen molar-refractivity contribution in [3.8, 4) is 5.75 Å². The highest BCUT2D eigenvalue weighted by Crippen LogP contribution is 2.17. The molecule has 0 unspecified atom stereocenters. The number of fused-ring (bicyclic) bond motifs is 1. The second kappa shape index (κ2) is 5.64. The smallest absolute Gasteiger partial charge is 0.270 e. The molecular formula is C18H18N2O2. The zero-order valence-electron chi connectivity index (χ0n) is 12.9. The molecule has 1 heterocycles. The highest BCUT2D eigenvalue weighted by atomic mass is 16.5. The number of aryl methyl sites for hydroxylation is 2. The standard InChI is InChI=1S/C18H18N2O2/c1-11-8-15-16(9-12(11)2)20-18(21)17(19-15)10-13-4-6-14(22-3)7-5-13/h4-9H,10H2,1-3H3,(H,20,21). The van der Waals surface area contributed by atoms with Crippen molar-refractivity contribution in [3.63, 3.8) is 0 Å². The monoisotopic (exact) mass is 294 g/mol. The number of benzene rings is 2. The maximum absolute atomic E-state index is 12.2. The molecule has 0 spiro atoms. The molecule has 1 N–H and O–H groups in total. The van der Waals surface area contributed by atoms with Crippen LogP contribution in [0.5, 0.6) is 5.75 Å². The molecule has 3 aromatic rings. The van der Waals surface area contributed by atoms with Crippen molar-refractivity contribution in [2.24, 2.45) is 0 Å². The first-order valence-electron chi connectivity index (χ1n) is 7.20. The van der Waals surface area contributed by atoms with Gasteiger partial charge in [-0.2, -0.15) is 0 Å². The van der Waals surface area contributed by atoms with E-state index in [4.69, 9.17) is 4.74 Å². The largest absolute Gasteiger partial charge is 0.497 e. The summed E-state index contributed by atoms with van der Waals surface area (Å²) in [5, 5.41) is 0. The third-order valence-corrected chi connectivity index (χ3v) is 3.91. The lowest BCUT2D eigenvalue weighted by atomic mass is 10.1. The molecule has 1 aromatic heterocycles. The molecule has 0 fully saturated rings. The molecule has 0 aliphatic carbocycles. The van der Waals surface area contributed by atoms with Crippen LogP contribution in [0.15, 0.2) is 41.2 Å². The van der Waals surface area contributed by atoms with Crippen LogP contribution in [0.3, 0.4) is 0 Å². The molecule has 0 atom stereocenters. The summed E-state index contributed by atoms with van der Waals surface area (Å²) in [7, 11) is 1.63. The van der Waals surface area contributed by atoms with Crippen LogP contribution in [-0.4, -0.2) is 17.1 Å². The molecule has 0 saturated heterocycles. The summed E-state index contributed by atoms with van der Waals surface area (Å²) >= 11 is 0. The van der Waals surface area contributed by atoms with Gasteiger partial charge in [-0.3, -0.25) is 4.79 Å². The predicted molar refractivity (Wildman–Crippen MR) is 87.6 cm³/mol. The van der Waals surface area contributed by atoms with E-state index in [-0.39, 0.29) is 5.56 Å². The number of methoxy groups -OCH3 is 1. The minimum absolute atomic E-state index is 0.133. The third-order valence-electron chi connectivity index (χ3n) is 3.91. The molecule has 0 amide bonds. The van der Waals surface area contributed by atoms with Gasteiger partial charge < -0.3 is 9.72 Å². The topological polar surface area (TPSA) is 55.0 Å². The Hall–Kier alpha value is -2.62. The first kappa shape index (κ1) is 14.3. The minimum Gasteiger partial charge on any atom is -0.497 e. The Morgan fingerprint density at radius 1 is 1.09 bits per heavy atom. The van der Waals surface area contributed by atoms with Gasteiger partial charge in [0.25, 0.3) is 5.56 Å². The number of nitrogens with zero attached hydrogens (tertiary/aromatic N) is 1. The van der Waals surface area contributed by atoms with Crippen LogP contribution in [-0.2, 0) is 6.42 Å². The average Bonchev–Trinajstić information content (AvgIpc) is 2.51. The van der Waals surface area contributed by atoms with Gasteiger partial charge >= 0.3 is 0 Å². The van der Waals surface area contributed by atoms with E-state index in [1.807, 2.05) is 50.2 Å². The number of ether oxygens (including phenoxy) is 1. The Balaban J connectivity index is 2.00. The number of aromatic nitrogens is 2. The second-order valence-corrected chi connectivity index (χ2v) is 5.49. The minimum atomic E-state index is -0.133. The van der Waals surface area contributed by atoms with Crippen molar-refractivity contribution in [3.05, 3.63) is 69.1 Å². The third kappa shape index (κ3) is 2.72. The Labute approximate surface area is 128 Å². The first-order chi connectivity index (χ1) is 10.6. The van der Waals surface area contributed by atoms with Gasteiger partial charge in [-0.1, -0.05) is 12.1 Å². The summed E-state index contributed by atoms with van der Waals surface area (Å²) in [5.41, 5.74) is 5.35. The lowest BCUT2D eigenvalue weighted by molar-refractivity contribution is 0.414. The van der Waals surface area contributed by atoms with Gasteiger partial charge in [0.05, 0.1) is 18.1 Å². The van der Waals surface area contributed by atoms with Gasteiger partial charge in [-0.05, 0) is 54.8 Å². The van der Waals surface area contributed by atoms with E-state index in [1.165, 1.54) is 5.56 Å². The van der Waals surface area contributed by atoms with Crippen molar-refractivity contribution in [1.29, 1.82) is 0 Å². The first-order valence-corrected chi connectivity index (χ1v) is 7.20. The quantitative estimate of drug-likeness (QED) is 0.807. The maximum Gasteiger partial charge on any atom is 0.270 e. The van der Waals surface area contributed by atoms with Gasteiger partial charge in [-0.15, -0.1) is 0 Å². The number of aromatic amines is 1. The van der Waals surface area contributed by atoms with Crippen molar-refractivity contribution < 1.29 is 4.74 Å². The van der Waals surface area contributed by atoms with Crippen LogP contribution in [0.4, 0.5) is 0 Å². The fourth-order valence-corrected chi connectivity index (χ4v) is 2.44. The summed E-state index contributed by atoms with van der Waals surface area (Å²) in [5.74, 6) is 0.801. The highest BCUT2D eigenvalue weighted by molar-refractivity contribution is 5.76. The molecule has 2 aromatic carbocycles. The van der Waals surface area contributed by atoms with Crippen molar-refractivity contribution in [2.45, 2.75) is 20.3 Å². The molecule has 112 valence electrons. The van der Waals surface area contributed by atoms with Crippen LogP contribution in [0.25, 0.3) is 11.0 Å². The van der Waals surface area contributed by atoms with Gasteiger partial charge in [-0.25, -0.2) is 4.98 Å². The Morgan fingerprint density at radius 3 is 2.45 bits per heavy atom. The van der Waals surface area contributed by atoms with Crippen molar-refractivity contribution in [2.75, 3.05) is 7.11 Å². The number of H-pyrrole nitrogens is 1. The normalized spacial score (nSPS) is 10.9. The lowest BCUT2D eigenvalue weighted by Crippen LogP contribution is -2.15. The van der Waals surface area contributed by atoms with Gasteiger partial charge in [0, 0.05) is 6.42 Å². The summed E-state index contributed by atoms with van der Waals surface area (Å²) in [6, 6.07) is 11.7. The summed E-state index contributed by atoms with van der Waals surface area (Å²) < 4.78 is 5.14. The highest BCUT2D eigenvalue weighted by Gasteiger charge is 2.07. The maximum atomic E-state index is 12.2. The SMILES string of the molecule is COc1ccc(Cc2nc3cc(C)c(C)cc3[nH]c2=O)cc1. The Morgan fingerprint density at radius 2 is 1.77 bits per heavy atom. The number of nitrogens with one attached hydrogen (secondary N) is 1. The lowest BCUT2D eigenvalue weighted by Gasteiger charge is -2.06. The van der Waals surface area contributed by atoms with E-state index in [9.17, 15) is 4.79 Å². The molecule has 0 bridgehead atoms. The second-order valence-electron chi connectivity index (χ2n) is 5.49. The van der Waals surface area contributed by atoms with Crippen molar-refractivity contribution in [1.82, 2.24) is 9.97 Å². The van der Waals surface area contributed by atoms with E-state index in [2.05, 4.69) is 9.97 Å². The van der Waals surface area contributed by atoms with Crippen LogP contribution < -0.4 is 10.3 Å². The van der Waals surface area contributed by atoms with Crippen molar-refractivity contribution >= 4 is 11.0 Å². The predicted octanol–water partition coefficient (Wildman–Crippen LogP) is 3.14. The number of hydrogen-bond acceptors (Lipinski definition) is 3. The molecule has 3 rings (SSSR count). The molecule has 0 saturated carbocycles. The van der Waals surface area contributed by atoms with E-state index in [0.29, 0.717) is 12.1 Å². The molecule has 4 heteroatoms. The molecular weight excluding hydrogens is 276 g/mol. The number of rotatable bonds is 3. The van der Waals surface area contributed by atoms with Crippen LogP contribution in [0, 0.1) is 13.8 Å². The van der Waals surface area contributed by atoms with E-state index >= 15 is 0 Å². The fourth-order valence-electron chi connectivity index (χ4n) is 2.44. The van der Waals surface area contributed by atoms with Crippen LogP contribution in [0.2, 0.25) is 0 Å². The Bertz CT molecular complexity index is 880. The molecule has 0 aliphatic rings. The molecule has 22 heavy (non-hydrogen) atoms. The van der Waals surface area contributed by atoms with Gasteiger partial charge in [0.2, 0.25) is 0 Å². The Kier molecular flexibility index (Phi) is 3.67. The summed E-state index contributed by atoms with van der Waals surface area (Å²) in [4.78, 5) is 19.7. The van der Waals surface area contributed by atoms with E-state index in [1.54, 1.807) is 7.11 Å². The zero-order valence-corrected chi connectivity index (χ0v) is 12.9. The van der Waals surface area contributed by atoms with E-state index < -0.39 is 0 Å². The van der Waals surface area contributed by atoms with Gasteiger partial charge in [0.1, 0.15) is 11.4 Å². The van der Waals surface area contributed by atoms with E-state index in [0.717, 1.165) is 27.9 Å². The molecule has 0 radical (unpaired) electrons. The van der Waals surface area contributed by atoms with Gasteiger partial charge in [0.15, 0.2) is 0 Å². The number of hydrogen-bond donors (Lipinski definition) is 1. The average molecular weight is 294 g/mol. The summed E-state index contributed by atoms with van der Waals surface area (Å²) in [6.07, 6.45) is 0.502.